The van der Waals surface area contributed by atoms with Gasteiger partial charge in [0.15, 0.2) is 0 Å². The zero-order chi connectivity index (χ0) is 20.1. The smallest absolute Gasteiger partial charge is 0.255 e. The molecule has 1 aliphatic heterocycles. The molecular weight excluding hydrogens is 368 g/mol. The van der Waals surface area contributed by atoms with Crippen molar-refractivity contribution in [2.24, 2.45) is 17.8 Å². The van der Waals surface area contributed by atoms with Gasteiger partial charge in [0.2, 0.25) is 0 Å². The minimum absolute atomic E-state index is 0.0227. The van der Waals surface area contributed by atoms with E-state index in [0.717, 1.165) is 42.1 Å². The van der Waals surface area contributed by atoms with Crippen molar-refractivity contribution in [3.63, 3.8) is 0 Å². The summed E-state index contributed by atoms with van der Waals surface area (Å²) < 4.78 is 0. The SMILES string of the molecule is O=C(Nc1ccc(C23CC4CC(CC(C4)C2)C3)cc1)c1ccc(N2CCCC2)cc1. The number of anilines is 2. The van der Waals surface area contributed by atoms with Crippen LogP contribution in [0.5, 0.6) is 0 Å². The zero-order valence-electron chi connectivity index (χ0n) is 17.8. The second kappa shape index (κ2) is 7.14. The minimum Gasteiger partial charge on any atom is -0.372 e. The lowest BCUT2D eigenvalue weighted by Gasteiger charge is -2.57. The summed E-state index contributed by atoms with van der Waals surface area (Å²) in [4.78, 5) is 15.1. The molecule has 3 nitrogen and oxygen atoms in total. The van der Waals surface area contributed by atoms with E-state index in [4.69, 9.17) is 0 Å². The molecule has 2 aromatic carbocycles. The van der Waals surface area contributed by atoms with Crippen LogP contribution in [0.1, 0.15) is 67.3 Å². The van der Waals surface area contributed by atoms with Gasteiger partial charge in [-0.15, -0.1) is 0 Å². The van der Waals surface area contributed by atoms with Gasteiger partial charge in [-0.1, -0.05) is 12.1 Å². The Hall–Kier alpha value is -2.29. The fourth-order valence-corrected chi connectivity index (χ4v) is 7.37. The van der Waals surface area contributed by atoms with Crippen LogP contribution in [-0.4, -0.2) is 19.0 Å². The van der Waals surface area contributed by atoms with Gasteiger partial charge < -0.3 is 10.2 Å². The average Bonchev–Trinajstić information content (AvgIpc) is 3.28. The molecule has 3 heteroatoms. The summed E-state index contributed by atoms with van der Waals surface area (Å²) in [5, 5.41) is 3.10. The fourth-order valence-electron chi connectivity index (χ4n) is 7.37. The highest BCUT2D eigenvalue weighted by molar-refractivity contribution is 6.04. The summed E-state index contributed by atoms with van der Waals surface area (Å²) in [5.74, 6) is 2.85. The number of hydrogen-bond donors (Lipinski definition) is 1. The summed E-state index contributed by atoms with van der Waals surface area (Å²) in [6.07, 6.45) is 11.1. The third-order valence-electron chi connectivity index (χ3n) is 8.39. The molecule has 0 spiro atoms. The monoisotopic (exact) mass is 400 g/mol. The van der Waals surface area contributed by atoms with Gasteiger partial charge in [-0.25, -0.2) is 0 Å². The van der Waals surface area contributed by atoms with Crippen LogP contribution in [-0.2, 0) is 5.41 Å². The molecule has 4 saturated carbocycles. The Morgan fingerprint density at radius 2 is 1.37 bits per heavy atom. The lowest BCUT2D eigenvalue weighted by atomic mass is 9.48. The number of carbonyl (C=O) groups is 1. The largest absolute Gasteiger partial charge is 0.372 e. The van der Waals surface area contributed by atoms with Crippen LogP contribution >= 0.6 is 0 Å². The van der Waals surface area contributed by atoms with E-state index in [1.165, 1.54) is 62.6 Å². The number of rotatable bonds is 4. The lowest BCUT2D eigenvalue weighted by Crippen LogP contribution is -2.48. The summed E-state index contributed by atoms with van der Waals surface area (Å²) >= 11 is 0. The maximum atomic E-state index is 12.7. The predicted molar refractivity (Wildman–Crippen MR) is 122 cm³/mol. The molecule has 4 bridgehead atoms. The molecule has 0 unspecified atom stereocenters. The van der Waals surface area contributed by atoms with E-state index in [2.05, 4.69) is 46.6 Å². The van der Waals surface area contributed by atoms with E-state index in [1.807, 2.05) is 12.1 Å². The van der Waals surface area contributed by atoms with Crippen LogP contribution in [0.4, 0.5) is 11.4 Å². The molecule has 5 fully saturated rings. The van der Waals surface area contributed by atoms with Crippen molar-refractivity contribution in [2.45, 2.75) is 56.8 Å². The van der Waals surface area contributed by atoms with E-state index in [9.17, 15) is 4.79 Å². The molecule has 2 aromatic rings. The predicted octanol–water partition coefficient (Wildman–Crippen LogP) is 6.01. The van der Waals surface area contributed by atoms with Crippen molar-refractivity contribution in [1.29, 1.82) is 0 Å². The molecule has 5 aliphatic rings. The number of nitrogens with zero attached hydrogens (tertiary/aromatic N) is 1. The minimum atomic E-state index is -0.0227. The highest BCUT2D eigenvalue weighted by Crippen LogP contribution is 2.60. The number of carbonyl (C=O) groups excluding carboxylic acids is 1. The topological polar surface area (TPSA) is 32.3 Å². The molecule has 4 aliphatic carbocycles. The first-order chi connectivity index (χ1) is 14.7. The third-order valence-corrected chi connectivity index (χ3v) is 8.39. The van der Waals surface area contributed by atoms with E-state index in [-0.39, 0.29) is 5.91 Å². The fraction of sp³-hybridized carbons (Fsp3) is 0.519. The van der Waals surface area contributed by atoms with Gasteiger partial charge >= 0.3 is 0 Å². The Morgan fingerprint density at radius 3 is 1.93 bits per heavy atom. The molecule has 0 atom stereocenters. The third kappa shape index (κ3) is 3.23. The lowest BCUT2D eigenvalue weighted by molar-refractivity contribution is -0.00518. The first-order valence-corrected chi connectivity index (χ1v) is 11.9. The van der Waals surface area contributed by atoms with Gasteiger partial charge in [-0.05, 0) is 116 Å². The quantitative estimate of drug-likeness (QED) is 0.682. The first-order valence-electron chi connectivity index (χ1n) is 11.9. The van der Waals surface area contributed by atoms with Gasteiger partial charge in [0.25, 0.3) is 5.91 Å². The maximum Gasteiger partial charge on any atom is 0.255 e. The van der Waals surface area contributed by atoms with Crippen molar-refractivity contribution in [2.75, 3.05) is 23.3 Å². The van der Waals surface area contributed by atoms with Gasteiger partial charge in [-0.3, -0.25) is 4.79 Å². The molecule has 0 aromatic heterocycles. The summed E-state index contributed by atoms with van der Waals surface area (Å²) in [5.41, 5.74) is 4.78. The molecule has 156 valence electrons. The van der Waals surface area contributed by atoms with Crippen molar-refractivity contribution >= 4 is 17.3 Å². The second-order valence-corrected chi connectivity index (χ2v) is 10.5. The highest BCUT2D eigenvalue weighted by atomic mass is 16.1. The second-order valence-electron chi connectivity index (χ2n) is 10.5. The number of benzene rings is 2. The Labute approximate surface area is 179 Å². The van der Waals surface area contributed by atoms with E-state index < -0.39 is 0 Å². The zero-order valence-corrected chi connectivity index (χ0v) is 17.8. The van der Waals surface area contributed by atoms with Crippen LogP contribution < -0.4 is 10.2 Å². The highest BCUT2D eigenvalue weighted by Gasteiger charge is 2.51. The molecule has 30 heavy (non-hydrogen) atoms. The van der Waals surface area contributed by atoms with Gasteiger partial charge in [0.1, 0.15) is 0 Å². The van der Waals surface area contributed by atoms with Crippen LogP contribution in [0.15, 0.2) is 48.5 Å². The average molecular weight is 401 g/mol. The Kier molecular flexibility index (Phi) is 4.40. The standard InChI is InChI=1S/C27H32N2O/c30-26(22-3-9-25(10-4-22)29-11-1-2-12-29)28-24-7-5-23(6-8-24)27-16-19-13-20(17-27)15-21(14-19)18-27/h3-10,19-21H,1-2,11-18H2,(H,28,30). The molecule has 1 N–H and O–H groups in total. The Morgan fingerprint density at radius 1 is 0.800 bits per heavy atom. The summed E-state index contributed by atoms with van der Waals surface area (Å²) in [6, 6.07) is 16.9. The van der Waals surface area contributed by atoms with Crippen LogP contribution in [0.2, 0.25) is 0 Å². The van der Waals surface area contributed by atoms with Crippen LogP contribution in [0.25, 0.3) is 0 Å². The van der Waals surface area contributed by atoms with Crippen LogP contribution in [0.3, 0.4) is 0 Å². The number of amides is 1. The Bertz CT molecular complexity index is 889. The van der Waals surface area contributed by atoms with E-state index in [0.29, 0.717) is 5.41 Å². The molecule has 7 rings (SSSR count). The molecule has 1 saturated heterocycles. The van der Waals surface area contributed by atoms with Gasteiger partial charge in [0, 0.05) is 30.0 Å². The van der Waals surface area contributed by atoms with Crippen molar-refractivity contribution in [1.82, 2.24) is 0 Å². The normalized spacial score (nSPS) is 31.9. The number of nitrogens with one attached hydrogen (secondary N) is 1. The molecule has 1 amide bonds. The maximum absolute atomic E-state index is 12.7. The Balaban J connectivity index is 1.14. The summed E-state index contributed by atoms with van der Waals surface area (Å²) in [7, 11) is 0. The molecular formula is C27H32N2O. The van der Waals surface area contributed by atoms with E-state index in [1.54, 1.807) is 0 Å². The number of hydrogen-bond acceptors (Lipinski definition) is 2. The van der Waals surface area contributed by atoms with Crippen molar-refractivity contribution in [3.8, 4) is 0 Å². The molecule has 0 radical (unpaired) electrons. The van der Waals surface area contributed by atoms with Gasteiger partial charge in [-0.2, -0.15) is 0 Å². The van der Waals surface area contributed by atoms with Crippen LogP contribution in [0, 0.1) is 17.8 Å². The first kappa shape index (κ1) is 18.5. The molecule has 1 heterocycles. The van der Waals surface area contributed by atoms with Gasteiger partial charge in [0.05, 0.1) is 0 Å². The van der Waals surface area contributed by atoms with Crippen molar-refractivity contribution < 1.29 is 4.79 Å². The van der Waals surface area contributed by atoms with E-state index >= 15 is 0 Å². The summed E-state index contributed by atoms with van der Waals surface area (Å²) in [6.45, 7) is 2.25. The van der Waals surface area contributed by atoms with Crippen molar-refractivity contribution in [3.05, 3.63) is 59.7 Å².